The molecular formula is C15H11Cl2F4N3O2S. The quantitative estimate of drug-likeness (QED) is 0.538. The number of piperazine rings is 1. The molecule has 27 heavy (non-hydrogen) atoms. The number of rotatable bonds is 3. The maximum Gasteiger partial charge on any atom is 0.253 e. The molecule has 12 heteroatoms. The van der Waals surface area contributed by atoms with Gasteiger partial charge < -0.3 is 4.90 Å². The van der Waals surface area contributed by atoms with Crippen molar-refractivity contribution in [2.24, 2.45) is 0 Å². The second kappa shape index (κ2) is 7.42. The summed E-state index contributed by atoms with van der Waals surface area (Å²) in [5.41, 5.74) is -0.923. The van der Waals surface area contributed by atoms with Crippen LogP contribution >= 0.6 is 23.2 Å². The van der Waals surface area contributed by atoms with Gasteiger partial charge in [0.1, 0.15) is 10.6 Å². The summed E-state index contributed by atoms with van der Waals surface area (Å²) in [4.78, 5) is 3.23. The molecule has 5 nitrogen and oxygen atoms in total. The predicted octanol–water partition coefficient (Wildman–Crippen LogP) is 3.46. The summed E-state index contributed by atoms with van der Waals surface area (Å²) in [7, 11) is -4.07. The highest BCUT2D eigenvalue weighted by Crippen LogP contribution is 2.33. The van der Waals surface area contributed by atoms with Crippen LogP contribution in [0.5, 0.6) is 0 Å². The molecule has 3 rings (SSSR count). The molecular weight excluding hydrogens is 433 g/mol. The van der Waals surface area contributed by atoms with Gasteiger partial charge in [-0.3, -0.25) is 0 Å². The van der Waals surface area contributed by atoms with Crippen LogP contribution in [0.15, 0.2) is 23.1 Å². The minimum Gasteiger partial charge on any atom is -0.364 e. The fourth-order valence-electron chi connectivity index (χ4n) is 2.76. The zero-order chi connectivity index (χ0) is 19.9. The Kier molecular flexibility index (Phi) is 5.53. The zero-order valence-electron chi connectivity index (χ0n) is 13.4. The third kappa shape index (κ3) is 3.58. The highest BCUT2D eigenvalue weighted by Gasteiger charge is 2.34. The fourth-order valence-corrected chi connectivity index (χ4v) is 5.28. The van der Waals surface area contributed by atoms with Gasteiger partial charge in [0.2, 0.25) is 21.7 Å². The first kappa shape index (κ1) is 20.1. The Hall–Kier alpha value is -1.62. The Morgan fingerprint density at radius 1 is 0.889 bits per heavy atom. The first-order chi connectivity index (χ1) is 12.6. The zero-order valence-corrected chi connectivity index (χ0v) is 15.7. The number of benzene rings is 1. The lowest BCUT2D eigenvalue weighted by molar-refractivity contribution is 0.369. The van der Waals surface area contributed by atoms with E-state index in [-0.39, 0.29) is 41.1 Å². The van der Waals surface area contributed by atoms with E-state index in [1.54, 1.807) is 0 Å². The van der Waals surface area contributed by atoms with Crippen molar-refractivity contribution in [2.45, 2.75) is 4.90 Å². The van der Waals surface area contributed by atoms with Gasteiger partial charge in [-0.2, -0.15) is 26.9 Å². The summed E-state index contributed by atoms with van der Waals surface area (Å²) < 4.78 is 80.9. The molecule has 146 valence electrons. The lowest BCUT2D eigenvalue weighted by atomic mass is 10.2. The topological polar surface area (TPSA) is 53.5 Å². The normalized spacial score (nSPS) is 16.0. The van der Waals surface area contributed by atoms with E-state index in [1.165, 1.54) is 18.2 Å². The molecule has 0 saturated carbocycles. The number of hydrogen-bond acceptors (Lipinski definition) is 4. The molecule has 0 unspecified atom stereocenters. The second-order valence-corrected chi connectivity index (χ2v) is 8.30. The van der Waals surface area contributed by atoms with E-state index >= 15 is 0 Å². The smallest absolute Gasteiger partial charge is 0.253 e. The average molecular weight is 444 g/mol. The Balaban J connectivity index is 1.86. The van der Waals surface area contributed by atoms with E-state index < -0.39 is 39.2 Å². The van der Waals surface area contributed by atoms with Crippen LogP contribution in [-0.2, 0) is 10.0 Å². The number of hydrogen-bond donors (Lipinski definition) is 0. The standard InChI is InChI=1S/C15H11Cl2F4N3O2S/c16-8-2-1-3-9(17)13(8)27(25,26)24-6-4-23(5-7-24)12-10(18)14(20)22-15(21)11(12)19/h1-3H,4-7H2. The van der Waals surface area contributed by atoms with Gasteiger partial charge in [-0.25, -0.2) is 8.42 Å². The molecule has 0 amide bonds. The minimum absolute atomic E-state index is 0.0692. The summed E-state index contributed by atoms with van der Waals surface area (Å²) in [6.07, 6.45) is 0. The highest BCUT2D eigenvalue weighted by atomic mass is 35.5. The van der Waals surface area contributed by atoms with Gasteiger partial charge in [0.15, 0.2) is 0 Å². The molecule has 1 fully saturated rings. The molecule has 0 N–H and O–H groups in total. The van der Waals surface area contributed by atoms with Crippen LogP contribution in [-0.4, -0.2) is 43.9 Å². The number of aromatic nitrogens is 1. The molecule has 0 spiro atoms. The molecule has 2 heterocycles. The van der Waals surface area contributed by atoms with Gasteiger partial charge in [0.25, 0.3) is 11.9 Å². The Bertz CT molecular complexity index is 953. The van der Waals surface area contributed by atoms with E-state index in [0.717, 1.165) is 9.21 Å². The Labute approximate surface area is 162 Å². The van der Waals surface area contributed by atoms with E-state index in [1.807, 2.05) is 0 Å². The third-order valence-electron chi connectivity index (χ3n) is 4.05. The van der Waals surface area contributed by atoms with Gasteiger partial charge in [0.05, 0.1) is 10.0 Å². The van der Waals surface area contributed by atoms with Crippen molar-refractivity contribution >= 4 is 38.9 Å². The molecule has 1 aliphatic heterocycles. The van der Waals surface area contributed by atoms with E-state index in [9.17, 15) is 26.0 Å². The van der Waals surface area contributed by atoms with Crippen LogP contribution in [0, 0.1) is 23.5 Å². The summed E-state index contributed by atoms with van der Waals surface area (Å²) in [5.74, 6) is -6.83. The minimum atomic E-state index is -4.07. The molecule has 0 atom stereocenters. The van der Waals surface area contributed by atoms with Crippen molar-refractivity contribution in [3.63, 3.8) is 0 Å². The summed E-state index contributed by atoms with van der Waals surface area (Å²) in [6.45, 7) is -0.821. The largest absolute Gasteiger partial charge is 0.364 e. The Morgan fingerprint density at radius 3 is 1.85 bits per heavy atom. The molecule has 2 aromatic rings. The van der Waals surface area contributed by atoms with Crippen LogP contribution in [0.2, 0.25) is 10.0 Å². The number of pyridine rings is 1. The summed E-state index contributed by atoms with van der Waals surface area (Å²) in [6, 6.07) is 4.22. The lowest BCUT2D eigenvalue weighted by Gasteiger charge is -2.35. The number of anilines is 1. The Morgan fingerprint density at radius 2 is 1.37 bits per heavy atom. The van der Waals surface area contributed by atoms with Crippen LogP contribution in [0.1, 0.15) is 0 Å². The predicted molar refractivity (Wildman–Crippen MR) is 91.5 cm³/mol. The van der Waals surface area contributed by atoms with Crippen LogP contribution < -0.4 is 4.90 Å². The number of nitrogens with zero attached hydrogens (tertiary/aromatic N) is 3. The summed E-state index contributed by atoms with van der Waals surface area (Å²) in [5, 5.41) is -0.138. The molecule has 1 aromatic heterocycles. The SMILES string of the molecule is O=S(=O)(c1c(Cl)cccc1Cl)N1CCN(c2c(F)c(F)nc(F)c2F)CC1. The molecule has 1 aromatic carbocycles. The first-order valence-electron chi connectivity index (χ1n) is 7.53. The monoisotopic (exact) mass is 443 g/mol. The molecule has 0 bridgehead atoms. The lowest BCUT2D eigenvalue weighted by Crippen LogP contribution is -2.49. The molecule has 1 saturated heterocycles. The second-order valence-electron chi connectivity index (χ2n) is 5.61. The van der Waals surface area contributed by atoms with Crippen molar-refractivity contribution in [3.05, 3.63) is 51.8 Å². The van der Waals surface area contributed by atoms with Crippen LogP contribution in [0.25, 0.3) is 0 Å². The first-order valence-corrected chi connectivity index (χ1v) is 9.73. The summed E-state index contributed by atoms with van der Waals surface area (Å²) >= 11 is 11.9. The van der Waals surface area contributed by atoms with Gasteiger partial charge >= 0.3 is 0 Å². The van der Waals surface area contributed by atoms with Crippen LogP contribution in [0.4, 0.5) is 23.2 Å². The van der Waals surface area contributed by atoms with Gasteiger partial charge in [-0.1, -0.05) is 29.3 Å². The van der Waals surface area contributed by atoms with Gasteiger partial charge in [-0.15, -0.1) is 0 Å². The highest BCUT2D eigenvalue weighted by molar-refractivity contribution is 7.89. The third-order valence-corrected chi connectivity index (χ3v) is 6.90. The van der Waals surface area contributed by atoms with E-state index in [2.05, 4.69) is 4.98 Å². The van der Waals surface area contributed by atoms with Crippen molar-refractivity contribution in [1.29, 1.82) is 0 Å². The average Bonchev–Trinajstić information content (AvgIpc) is 2.60. The number of halogens is 6. The van der Waals surface area contributed by atoms with Crippen molar-refractivity contribution < 1.29 is 26.0 Å². The molecule has 1 aliphatic rings. The fraction of sp³-hybridized carbons (Fsp3) is 0.267. The van der Waals surface area contributed by atoms with Gasteiger partial charge in [-0.05, 0) is 12.1 Å². The van der Waals surface area contributed by atoms with Crippen molar-refractivity contribution in [3.8, 4) is 0 Å². The van der Waals surface area contributed by atoms with Gasteiger partial charge in [0, 0.05) is 26.2 Å². The van der Waals surface area contributed by atoms with Crippen LogP contribution in [0.3, 0.4) is 0 Å². The maximum atomic E-state index is 13.9. The van der Waals surface area contributed by atoms with E-state index in [0.29, 0.717) is 0 Å². The molecule has 0 aliphatic carbocycles. The maximum absolute atomic E-state index is 13.9. The van der Waals surface area contributed by atoms with Crippen molar-refractivity contribution in [2.75, 3.05) is 31.1 Å². The molecule has 0 radical (unpaired) electrons. The number of sulfonamides is 1. The van der Waals surface area contributed by atoms with Crippen molar-refractivity contribution in [1.82, 2.24) is 9.29 Å². The van der Waals surface area contributed by atoms with E-state index in [4.69, 9.17) is 23.2 Å².